The Bertz CT molecular complexity index is 554. The molecule has 0 saturated heterocycles. The summed E-state index contributed by atoms with van der Waals surface area (Å²) in [6, 6.07) is 0.0752. The van der Waals surface area contributed by atoms with Gasteiger partial charge in [-0.05, 0) is 31.3 Å². The monoisotopic (exact) mass is 275 g/mol. The number of allylic oxidation sites excluding steroid dienone is 5. The molecule has 0 bridgehead atoms. The number of hydrogen-bond donors (Lipinski definition) is 2. The molecule has 0 aromatic carbocycles. The van der Waals surface area contributed by atoms with Crippen LogP contribution >= 0.6 is 0 Å². The van der Waals surface area contributed by atoms with Crippen molar-refractivity contribution in [3.05, 3.63) is 34.9 Å². The van der Waals surface area contributed by atoms with Gasteiger partial charge in [0.2, 0.25) is 5.91 Å². The Hall–Kier alpha value is -2.17. The van der Waals surface area contributed by atoms with Crippen molar-refractivity contribution in [2.75, 3.05) is 0 Å². The molecule has 1 atom stereocenters. The molecule has 1 unspecified atom stereocenters. The first-order valence-corrected chi connectivity index (χ1v) is 6.64. The second kappa shape index (κ2) is 5.86. The molecular formula is C15H17NO4. The summed E-state index contributed by atoms with van der Waals surface area (Å²) in [7, 11) is 0. The largest absolute Gasteiger partial charge is 0.478 e. The van der Waals surface area contributed by atoms with Crippen LogP contribution in [0, 0.1) is 0 Å². The van der Waals surface area contributed by atoms with E-state index in [9.17, 15) is 14.4 Å². The maximum atomic E-state index is 12.2. The van der Waals surface area contributed by atoms with Crippen LogP contribution in [-0.4, -0.2) is 28.8 Å². The van der Waals surface area contributed by atoms with Crippen LogP contribution in [0.5, 0.6) is 0 Å². The third-order valence-electron chi connectivity index (χ3n) is 3.58. The van der Waals surface area contributed by atoms with E-state index in [4.69, 9.17) is 5.11 Å². The number of amides is 1. The Morgan fingerprint density at radius 3 is 2.65 bits per heavy atom. The molecule has 2 aliphatic rings. The molecular weight excluding hydrogens is 258 g/mol. The maximum Gasteiger partial charge on any atom is 0.329 e. The van der Waals surface area contributed by atoms with E-state index in [-0.39, 0.29) is 23.3 Å². The van der Waals surface area contributed by atoms with Crippen molar-refractivity contribution < 1.29 is 19.5 Å². The van der Waals surface area contributed by atoms with E-state index in [1.165, 1.54) is 6.92 Å². The number of carbonyl (C=O) groups is 3. The normalized spacial score (nSPS) is 24.4. The molecule has 1 amide bonds. The van der Waals surface area contributed by atoms with E-state index < -0.39 is 5.97 Å². The Labute approximate surface area is 117 Å². The SMILES string of the molecule is CC(=O)NC1CCC2=C(CC1)C(=O)C(=CC(=O)O)C=C2. The molecule has 2 rings (SSSR count). The standard InChI is InChI=1S/C15H17NO4/c1-9(17)16-12-5-4-10-2-3-11(8-14(18)19)15(20)13(10)7-6-12/h2-3,8,12H,4-7H2,1H3,(H,16,17)(H,18,19). The predicted octanol–water partition coefficient (Wildman–Crippen LogP) is 1.51. The highest BCUT2D eigenvalue weighted by molar-refractivity contribution is 6.14. The first-order valence-electron chi connectivity index (χ1n) is 6.64. The van der Waals surface area contributed by atoms with Gasteiger partial charge in [-0.2, -0.15) is 0 Å². The van der Waals surface area contributed by atoms with Gasteiger partial charge in [0.15, 0.2) is 5.78 Å². The van der Waals surface area contributed by atoms with Gasteiger partial charge in [0.1, 0.15) is 0 Å². The van der Waals surface area contributed by atoms with Crippen LogP contribution in [-0.2, 0) is 14.4 Å². The molecule has 0 saturated carbocycles. The molecule has 0 heterocycles. The van der Waals surface area contributed by atoms with Crippen molar-refractivity contribution >= 4 is 17.7 Å². The van der Waals surface area contributed by atoms with Gasteiger partial charge in [-0.15, -0.1) is 0 Å². The zero-order chi connectivity index (χ0) is 14.7. The third-order valence-corrected chi connectivity index (χ3v) is 3.58. The van der Waals surface area contributed by atoms with E-state index >= 15 is 0 Å². The average molecular weight is 275 g/mol. The van der Waals surface area contributed by atoms with Crippen LogP contribution in [0.4, 0.5) is 0 Å². The average Bonchev–Trinajstić information content (AvgIpc) is 2.55. The number of carboxylic acid groups (broad SMARTS) is 1. The molecule has 0 radical (unpaired) electrons. The van der Waals surface area contributed by atoms with Gasteiger partial charge in [0.25, 0.3) is 0 Å². The molecule has 5 nitrogen and oxygen atoms in total. The summed E-state index contributed by atoms with van der Waals surface area (Å²) < 4.78 is 0. The van der Waals surface area contributed by atoms with Gasteiger partial charge in [0.05, 0.1) is 0 Å². The van der Waals surface area contributed by atoms with E-state index in [1.54, 1.807) is 6.08 Å². The summed E-state index contributed by atoms with van der Waals surface area (Å²) in [6.07, 6.45) is 7.13. The molecule has 106 valence electrons. The lowest BCUT2D eigenvalue weighted by Gasteiger charge is -2.14. The smallest absolute Gasteiger partial charge is 0.329 e. The molecule has 0 aromatic rings. The summed E-state index contributed by atoms with van der Waals surface area (Å²) in [5.41, 5.74) is 1.87. The van der Waals surface area contributed by atoms with Gasteiger partial charge in [0, 0.05) is 30.2 Å². The van der Waals surface area contributed by atoms with Crippen LogP contribution in [0.25, 0.3) is 0 Å². The lowest BCUT2D eigenvalue weighted by molar-refractivity contribution is -0.131. The highest BCUT2D eigenvalue weighted by Gasteiger charge is 2.25. The molecule has 2 aliphatic carbocycles. The summed E-state index contributed by atoms with van der Waals surface area (Å²) in [5.74, 6) is -1.39. The summed E-state index contributed by atoms with van der Waals surface area (Å²) >= 11 is 0. The highest BCUT2D eigenvalue weighted by atomic mass is 16.4. The van der Waals surface area contributed by atoms with Gasteiger partial charge in [-0.25, -0.2) is 4.79 Å². The minimum Gasteiger partial charge on any atom is -0.478 e. The zero-order valence-electron chi connectivity index (χ0n) is 11.3. The van der Waals surface area contributed by atoms with Gasteiger partial charge in [-0.1, -0.05) is 12.2 Å². The third kappa shape index (κ3) is 3.23. The second-order valence-corrected chi connectivity index (χ2v) is 5.08. The van der Waals surface area contributed by atoms with Crippen molar-refractivity contribution in [3.8, 4) is 0 Å². The number of rotatable bonds is 2. The summed E-state index contributed by atoms with van der Waals surface area (Å²) in [4.78, 5) is 34.0. The quantitative estimate of drug-likeness (QED) is 0.748. The fraction of sp³-hybridized carbons (Fsp3) is 0.400. The number of carbonyl (C=O) groups excluding carboxylic acids is 2. The zero-order valence-corrected chi connectivity index (χ0v) is 11.3. The Balaban J connectivity index is 2.15. The lowest BCUT2D eigenvalue weighted by atomic mass is 9.89. The molecule has 0 spiro atoms. The van der Waals surface area contributed by atoms with E-state index in [2.05, 4.69) is 5.32 Å². The second-order valence-electron chi connectivity index (χ2n) is 5.08. The van der Waals surface area contributed by atoms with E-state index in [0.29, 0.717) is 18.4 Å². The highest BCUT2D eigenvalue weighted by Crippen LogP contribution is 2.31. The minimum absolute atomic E-state index is 0.0665. The van der Waals surface area contributed by atoms with Crippen LogP contribution in [0.1, 0.15) is 32.6 Å². The van der Waals surface area contributed by atoms with Crippen molar-refractivity contribution in [3.63, 3.8) is 0 Å². The molecule has 0 aliphatic heterocycles. The fourth-order valence-electron chi connectivity index (χ4n) is 2.67. The fourth-order valence-corrected chi connectivity index (χ4v) is 2.67. The predicted molar refractivity (Wildman–Crippen MR) is 73.0 cm³/mol. The first kappa shape index (κ1) is 14.2. The summed E-state index contributed by atoms with van der Waals surface area (Å²) in [5, 5.41) is 11.6. The van der Waals surface area contributed by atoms with E-state index in [1.807, 2.05) is 6.08 Å². The Kier molecular flexibility index (Phi) is 4.17. The van der Waals surface area contributed by atoms with Crippen molar-refractivity contribution in [1.29, 1.82) is 0 Å². The molecule has 0 fully saturated rings. The van der Waals surface area contributed by atoms with Crippen LogP contribution in [0.3, 0.4) is 0 Å². The van der Waals surface area contributed by atoms with Crippen LogP contribution in [0.15, 0.2) is 34.9 Å². The molecule has 20 heavy (non-hydrogen) atoms. The first-order chi connectivity index (χ1) is 9.47. The maximum absolute atomic E-state index is 12.2. The molecule has 0 aromatic heterocycles. The Morgan fingerprint density at radius 1 is 1.30 bits per heavy atom. The van der Waals surface area contributed by atoms with Gasteiger partial charge >= 0.3 is 5.97 Å². The topological polar surface area (TPSA) is 83.5 Å². The number of ketones is 1. The van der Waals surface area contributed by atoms with Gasteiger partial charge in [-0.3, -0.25) is 9.59 Å². The summed E-state index contributed by atoms with van der Waals surface area (Å²) in [6.45, 7) is 1.48. The van der Waals surface area contributed by atoms with Crippen LogP contribution < -0.4 is 5.32 Å². The molecule has 5 heteroatoms. The number of Topliss-reactive ketones (excluding diaryl/α,β-unsaturated/α-hetero) is 1. The van der Waals surface area contributed by atoms with Crippen molar-refractivity contribution in [1.82, 2.24) is 5.32 Å². The minimum atomic E-state index is -1.12. The lowest BCUT2D eigenvalue weighted by Crippen LogP contribution is -2.32. The number of nitrogens with one attached hydrogen (secondary N) is 1. The van der Waals surface area contributed by atoms with Crippen LogP contribution in [0.2, 0.25) is 0 Å². The number of hydrogen-bond acceptors (Lipinski definition) is 3. The van der Waals surface area contributed by atoms with E-state index in [0.717, 1.165) is 24.5 Å². The van der Waals surface area contributed by atoms with Crippen molar-refractivity contribution in [2.24, 2.45) is 0 Å². The van der Waals surface area contributed by atoms with Crippen molar-refractivity contribution in [2.45, 2.75) is 38.6 Å². The molecule has 2 N–H and O–H groups in total. The number of carboxylic acids is 1. The number of aliphatic carboxylic acids is 1. The Morgan fingerprint density at radius 2 is 2.00 bits per heavy atom. The van der Waals surface area contributed by atoms with Gasteiger partial charge < -0.3 is 10.4 Å².